The standard InChI is InChI=1S/C21H24F2N2O/c22-17-5-1-15(2-6-17)20(16-3-7-18(23)8-4-16)25-12-10-21(14-25)9-11-24-13-19(21)26/h1-8,19-20,24,26H,9-14H2. The van der Waals surface area contributed by atoms with Crippen molar-refractivity contribution in [2.24, 2.45) is 5.41 Å². The maximum absolute atomic E-state index is 13.4. The summed E-state index contributed by atoms with van der Waals surface area (Å²) in [6.45, 7) is 3.19. The van der Waals surface area contributed by atoms with Crippen LogP contribution in [0.15, 0.2) is 48.5 Å². The Bertz CT molecular complexity index is 704. The third-order valence-corrected chi connectivity index (χ3v) is 6.00. The number of β-amino-alcohol motifs (C(OH)–C–C–N with tert-alkyl or cyclic N) is 1. The minimum Gasteiger partial charge on any atom is -0.391 e. The van der Waals surface area contributed by atoms with E-state index in [9.17, 15) is 13.9 Å². The lowest BCUT2D eigenvalue weighted by atomic mass is 9.76. The lowest BCUT2D eigenvalue weighted by molar-refractivity contribution is 0.00388. The van der Waals surface area contributed by atoms with Crippen LogP contribution in [0.2, 0.25) is 0 Å². The van der Waals surface area contributed by atoms with Crippen LogP contribution in [0.25, 0.3) is 0 Å². The molecule has 2 aliphatic rings. The highest BCUT2D eigenvalue weighted by Crippen LogP contribution is 2.43. The minimum absolute atomic E-state index is 0.0716. The lowest BCUT2D eigenvalue weighted by Gasteiger charge is -2.39. The summed E-state index contributed by atoms with van der Waals surface area (Å²) in [6.07, 6.45) is 1.53. The van der Waals surface area contributed by atoms with E-state index in [0.717, 1.165) is 43.6 Å². The number of likely N-dealkylation sites (tertiary alicyclic amines) is 1. The molecule has 2 aliphatic heterocycles. The van der Waals surface area contributed by atoms with E-state index in [1.165, 1.54) is 24.3 Å². The largest absolute Gasteiger partial charge is 0.391 e. The van der Waals surface area contributed by atoms with Gasteiger partial charge in [-0.3, -0.25) is 4.90 Å². The maximum Gasteiger partial charge on any atom is 0.123 e. The van der Waals surface area contributed by atoms with Crippen molar-refractivity contribution in [3.8, 4) is 0 Å². The Kier molecular flexibility index (Phi) is 4.78. The van der Waals surface area contributed by atoms with E-state index >= 15 is 0 Å². The molecule has 2 fully saturated rings. The molecular weight excluding hydrogens is 334 g/mol. The van der Waals surface area contributed by atoms with Crippen molar-refractivity contribution in [2.75, 3.05) is 26.2 Å². The predicted octanol–water partition coefficient (Wildman–Crippen LogP) is 3.10. The van der Waals surface area contributed by atoms with Gasteiger partial charge in [-0.25, -0.2) is 8.78 Å². The number of benzene rings is 2. The lowest BCUT2D eigenvalue weighted by Crippen LogP contribution is -2.50. The number of aliphatic hydroxyl groups is 1. The van der Waals surface area contributed by atoms with Crippen LogP contribution in [-0.2, 0) is 0 Å². The average Bonchev–Trinajstić information content (AvgIpc) is 3.06. The summed E-state index contributed by atoms with van der Waals surface area (Å²) in [6, 6.07) is 13.0. The van der Waals surface area contributed by atoms with Gasteiger partial charge in [-0.05, 0) is 61.3 Å². The molecule has 2 aromatic carbocycles. The van der Waals surface area contributed by atoms with E-state index < -0.39 is 0 Å². The summed E-state index contributed by atoms with van der Waals surface area (Å²) in [7, 11) is 0. The molecule has 3 nitrogen and oxygen atoms in total. The molecule has 2 atom stereocenters. The second-order valence-corrected chi connectivity index (χ2v) is 7.56. The molecule has 2 heterocycles. The molecule has 138 valence electrons. The highest BCUT2D eigenvalue weighted by Gasteiger charge is 2.46. The third kappa shape index (κ3) is 3.27. The molecule has 0 amide bonds. The molecule has 2 saturated heterocycles. The van der Waals surface area contributed by atoms with Crippen LogP contribution in [0.1, 0.15) is 30.0 Å². The fourth-order valence-electron chi connectivity index (χ4n) is 4.49. The molecule has 5 heteroatoms. The SMILES string of the molecule is OC1CNCCC12CCN(C(c1ccc(F)cc1)c1ccc(F)cc1)C2. The van der Waals surface area contributed by atoms with Gasteiger partial charge in [0.25, 0.3) is 0 Å². The molecule has 0 radical (unpaired) electrons. The smallest absolute Gasteiger partial charge is 0.123 e. The summed E-state index contributed by atoms with van der Waals surface area (Å²) >= 11 is 0. The number of nitrogens with one attached hydrogen (secondary N) is 1. The van der Waals surface area contributed by atoms with Crippen LogP contribution in [-0.4, -0.2) is 42.3 Å². The summed E-state index contributed by atoms with van der Waals surface area (Å²) in [5.41, 5.74) is 1.88. The fraction of sp³-hybridized carbons (Fsp3) is 0.429. The van der Waals surface area contributed by atoms with Crippen LogP contribution in [0.5, 0.6) is 0 Å². The number of halogens is 2. The van der Waals surface area contributed by atoms with Gasteiger partial charge in [0, 0.05) is 18.5 Å². The van der Waals surface area contributed by atoms with Crippen LogP contribution in [0.4, 0.5) is 8.78 Å². The number of aliphatic hydroxyl groups excluding tert-OH is 1. The molecule has 0 saturated carbocycles. The number of nitrogens with zero attached hydrogens (tertiary/aromatic N) is 1. The molecule has 2 N–H and O–H groups in total. The summed E-state index contributed by atoms with van der Waals surface area (Å²) in [5, 5.41) is 13.8. The van der Waals surface area contributed by atoms with Gasteiger partial charge in [0.2, 0.25) is 0 Å². The summed E-state index contributed by atoms with van der Waals surface area (Å²) in [4.78, 5) is 2.34. The zero-order valence-electron chi connectivity index (χ0n) is 14.7. The Balaban J connectivity index is 1.67. The predicted molar refractivity (Wildman–Crippen MR) is 96.8 cm³/mol. The van der Waals surface area contributed by atoms with Gasteiger partial charge in [0.15, 0.2) is 0 Å². The molecular formula is C21H24F2N2O. The van der Waals surface area contributed by atoms with Crippen LogP contribution in [0.3, 0.4) is 0 Å². The Morgan fingerprint density at radius 2 is 1.54 bits per heavy atom. The Morgan fingerprint density at radius 1 is 0.962 bits per heavy atom. The average molecular weight is 358 g/mol. The molecule has 0 bridgehead atoms. The second-order valence-electron chi connectivity index (χ2n) is 7.56. The van der Waals surface area contributed by atoms with Gasteiger partial charge >= 0.3 is 0 Å². The van der Waals surface area contributed by atoms with Crippen molar-refractivity contribution in [1.29, 1.82) is 0 Å². The molecule has 2 unspecified atom stereocenters. The zero-order valence-corrected chi connectivity index (χ0v) is 14.7. The topological polar surface area (TPSA) is 35.5 Å². The Labute approximate surface area is 152 Å². The molecule has 4 rings (SSSR count). The van der Waals surface area contributed by atoms with Crippen LogP contribution >= 0.6 is 0 Å². The number of rotatable bonds is 3. The zero-order chi connectivity index (χ0) is 18.1. The van der Waals surface area contributed by atoms with Crippen molar-refractivity contribution in [3.05, 3.63) is 71.3 Å². The van der Waals surface area contributed by atoms with Crippen molar-refractivity contribution in [2.45, 2.75) is 25.0 Å². The van der Waals surface area contributed by atoms with E-state index in [-0.39, 0.29) is 29.2 Å². The van der Waals surface area contributed by atoms with E-state index in [1.54, 1.807) is 24.3 Å². The molecule has 1 spiro atoms. The Hall–Kier alpha value is -1.82. The van der Waals surface area contributed by atoms with E-state index in [0.29, 0.717) is 6.54 Å². The number of piperidine rings is 1. The normalized spacial score (nSPS) is 26.7. The van der Waals surface area contributed by atoms with Crippen LogP contribution in [0, 0.1) is 17.0 Å². The van der Waals surface area contributed by atoms with Gasteiger partial charge in [0.1, 0.15) is 11.6 Å². The third-order valence-electron chi connectivity index (χ3n) is 6.00. The van der Waals surface area contributed by atoms with Crippen molar-refractivity contribution in [1.82, 2.24) is 10.2 Å². The van der Waals surface area contributed by atoms with Gasteiger partial charge in [-0.1, -0.05) is 24.3 Å². The van der Waals surface area contributed by atoms with Crippen molar-refractivity contribution in [3.63, 3.8) is 0 Å². The molecule has 0 aliphatic carbocycles. The summed E-state index contributed by atoms with van der Waals surface area (Å²) in [5.74, 6) is -0.531. The van der Waals surface area contributed by atoms with Crippen molar-refractivity contribution >= 4 is 0 Å². The first-order valence-electron chi connectivity index (χ1n) is 9.21. The second kappa shape index (κ2) is 7.06. The number of hydrogen-bond acceptors (Lipinski definition) is 3. The summed E-state index contributed by atoms with van der Waals surface area (Å²) < 4.78 is 26.8. The monoisotopic (exact) mass is 358 g/mol. The van der Waals surface area contributed by atoms with E-state index in [2.05, 4.69) is 10.2 Å². The highest BCUT2D eigenvalue weighted by molar-refractivity contribution is 5.33. The van der Waals surface area contributed by atoms with Gasteiger partial charge < -0.3 is 10.4 Å². The van der Waals surface area contributed by atoms with E-state index in [4.69, 9.17) is 0 Å². The van der Waals surface area contributed by atoms with Gasteiger partial charge in [-0.2, -0.15) is 0 Å². The molecule has 0 aromatic heterocycles. The van der Waals surface area contributed by atoms with Gasteiger partial charge in [-0.15, -0.1) is 0 Å². The number of hydrogen-bond donors (Lipinski definition) is 2. The van der Waals surface area contributed by atoms with Crippen molar-refractivity contribution < 1.29 is 13.9 Å². The highest BCUT2D eigenvalue weighted by atomic mass is 19.1. The minimum atomic E-state index is -0.358. The Morgan fingerprint density at radius 3 is 2.08 bits per heavy atom. The fourth-order valence-corrected chi connectivity index (χ4v) is 4.49. The van der Waals surface area contributed by atoms with Gasteiger partial charge in [0.05, 0.1) is 12.1 Å². The maximum atomic E-state index is 13.4. The van der Waals surface area contributed by atoms with Crippen LogP contribution < -0.4 is 5.32 Å². The molecule has 2 aromatic rings. The first kappa shape index (κ1) is 17.6. The quantitative estimate of drug-likeness (QED) is 0.885. The van der Waals surface area contributed by atoms with E-state index in [1.807, 2.05) is 0 Å². The first-order valence-corrected chi connectivity index (χ1v) is 9.21. The first-order chi connectivity index (χ1) is 12.6. The molecule has 26 heavy (non-hydrogen) atoms.